The average Bonchev–Trinajstić information content (AvgIpc) is 2.10. The lowest BCUT2D eigenvalue weighted by Gasteiger charge is -1.97. The highest BCUT2D eigenvalue weighted by molar-refractivity contribution is 5.91. The minimum atomic E-state index is -0.298. The first kappa shape index (κ1) is 12.2. The van der Waals surface area contributed by atoms with Crippen molar-refractivity contribution in [2.75, 3.05) is 0 Å². The zero-order valence-electron chi connectivity index (χ0n) is 8.81. The molecule has 1 amide bonds. The number of carbonyl (C=O) groups is 1. The first-order valence-corrected chi connectivity index (χ1v) is 5.15. The number of unbranched alkanes of at least 4 members (excludes halogenated alkanes) is 5. The normalized spacial score (nSPS) is 11.7. The van der Waals surface area contributed by atoms with Gasteiger partial charge in [-0.1, -0.05) is 38.7 Å². The van der Waals surface area contributed by atoms with Crippen LogP contribution in [0.3, 0.4) is 0 Å². The van der Waals surface area contributed by atoms with Gasteiger partial charge >= 0.3 is 0 Å². The van der Waals surface area contributed by atoms with Crippen LogP contribution in [0.2, 0.25) is 0 Å². The van der Waals surface area contributed by atoms with Gasteiger partial charge in [-0.15, -0.1) is 0 Å². The van der Waals surface area contributed by atoms with Gasteiger partial charge in [0.25, 0.3) is 0 Å². The Morgan fingerprint density at radius 3 is 2.38 bits per heavy atom. The molecule has 0 saturated heterocycles. The first-order valence-electron chi connectivity index (χ1n) is 5.15. The second kappa shape index (κ2) is 7.84. The largest absolute Gasteiger partial charge is 0.366 e. The van der Waals surface area contributed by atoms with Crippen LogP contribution in [0.1, 0.15) is 52.4 Å². The lowest BCUT2D eigenvalue weighted by molar-refractivity contribution is -0.114. The number of primary amides is 1. The maximum absolute atomic E-state index is 10.6. The van der Waals surface area contributed by atoms with Crippen molar-refractivity contribution < 1.29 is 4.79 Å². The number of hydrogen-bond acceptors (Lipinski definition) is 1. The van der Waals surface area contributed by atoms with E-state index >= 15 is 0 Å². The van der Waals surface area contributed by atoms with Crippen LogP contribution in [0.15, 0.2) is 11.6 Å². The Labute approximate surface area is 81.2 Å². The van der Waals surface area contributed by atoms with E-state index in [1.54, 1.807) is 6.92 Å². The molecule has 0 spiro atoms. The van der Waals surface area contributed by atoms with Crippen molar-refractivity contribution in [2.24, 2.45) is 5.73 Å². The van der Waals surface area contributed by atoms with E-state index in [9.17, 15) is 4.79 Å². The minimum absolute atomic E-state index is 0.298. The summed E-state index contributed by atoms with van der Waals surface area (Å²) in [6.07, 6.45) is 9.25. The summed E-state index contributed by atoms with van der Waals surface area (Å²) in [5.74, 6) is -0.298. The standard InChI is InChI=1S/C11H21NO/c1-3-4-5-6-7-8-9-10(2)11(12)13/h9H,3-8H2,1-2H3,(H2,12,13)/b10-9+. The summed E-state index contributed by atoms with van der Waals surface area (Å²) in [5.41, 5.74) is 5.78. The monoisotopic (exact) mass is 183 g/mol. The van der Waals surface area contributed by atoms with Crippen LogP contribution in [0.25, 0.3) is 0 Å². The second-order valence-corrected chi connectivity index (χ2v) is 3.45. The molecule has 0 atom stereocenters. The lowest BCUT2D eigenvalue weighted by atomic mass is 10.1. The van der Waals surface area contributed by atoms with E-state index in [1.165, 1.54) is 32.1 Å². The number of amides is 1. The molecule has 0 radical (unpaired) electrons. The summed E-state index contributed by atoms with van der Waals surface area (Å²) in [6, 6.07) is 0. The van der Waals surface area contributed by atoms with Gasteiger partial charge in [-0.25, -0.2) is 0 Å². The third-order valence-electron chi connectivity index (χ3n) is 2.15. The molecule has 0 aliphatic rings. The van der Waals surface area contributed by atoms with Gasteiger partial charge in [0.15, 0.2) is 0 Å². The van der Waals surface area contributed by atoms with Crippen molar-refractivity contribution in [1.29, 1.82) is 0 Å². The molecule has 2 N–H and O–H groups in total. The highest BCUT2D eigenvalue weighted by atomic mass is 16.1. The molecule has 0 bridgehead atoms. The third-order valence-corrected chi connectivity index (χ3v) is 2.15. The second-order valence-electron chi connectivity index (χ2n) is 3.45. The van der Waals surface area contributed by atoms with Gasteiger partial charge in [-0.05, 0) is 19.8 Å². The topological polar surface area (TPSA) is 43.1 Å². The summed E-state index contributed by atoms with van der Waals surface area (Å²) >= 11 is 0. The van der Waals surface area contributed by atoms with Crippen LogP contribution < -0.4 is 5.73 Å². The summed E-state index contributed by atoms with van der Waals surface area (Å²) in [7, 11) is 0. The van der Waals surface area contributed by atoms with Gasteiger partial charge < -0.3 is 5.73 Å². The van der Waals surface area contributed by atoms with Crippen LogP contribution >= 0.6 is 0 Å². The molecular formula is C11H21NO. The quantitative estimate of drug-likeness (QED) is 0.478. The Balaban J connectivity index is 3.34. The summed E-state index contributed by atoms with van der Waals surface area (Å²) in [6.45, 7) is 3.98. The van der Waals surface area contributed by atoms with Crippen LogP contribution in [0.5, 0.6) is 0 Å². The molecule has 0 rings (SSSR count). The summed E-state index contributed by atoms with van der Waals surface area (Å²) < 4.78 is 0. The molecule has 13 heavy (non-hydrogen) atoms. The van der Waals surface area contributed by atoms with Gasteiger partial charge in [-0.2, -0.15) is 0 Å². The van der Waals surface area contributed by atoms with Crippen molar-refractivity contribution >= 4 is 5.91 Å². The van der Waals surface area contributed by atoms with Crippen molar-refractivity contribution in [3.63, 3.8) is 0 Å². The zero-order chi connectivity index (χ0) is 10.1. The van der Waals surface area contributed by atoms with Crippen molar-refractivity contribution in [1.82, 2.24) is 0 Å². The Morgan fingerprint density at radius 2 is 1.85 bits per heavy atom. The van der Waals surface area contributed by atoms with Crippen LogP contribution in [-0.4, -0.2) is 5.91 Å². The molecule has 0 aromatic heterocycles. The fourth-order valence-electron chi connectivity index (χ4n) is 1.17. The van der Waals surface area contributed by atoms with Crippen molar-refractivity contribution in [3.05, 3.63) is 11.6 Å². The molecular weight excluding hydrogens is 162 g/mol. The molecule has 0 aromatic carbocycles. The molecule has 0 aliphatic heterocycles. The van der Waals surface area contributed by atoms with Crippen molar-refractivity contribution in [2.45, 2.75) is 52.4 Å². The Kier molecular flexibility index (Phi) is 7.36. The van der Waals surface area contributed by atoms with E-state index in [0.29, 0.717) is 5.57 Å². The number of carbonyl (C=O) groups excluding carboxylic acids is 1. The molecule has 2 heteroatoms. The molecule has 76 valence electrons. The lowest BCUT2D eigenvalue weighted by Crippen LogP contribution is -2.11. The fourth-order valence-corrected chi connectivity index (χ4v) is 1.17. The van der Waals surface area contributed by atoms with E-state index in [0.717, 1.165) is 6.42 Å². The van der Waals surface area contributed by atoms with Gasteiger partial charge in [0.1, 0.15) is 0 Å². The minimum Gasteiger partial charge on any atom is -0.366 e. The highest BCUT2D eigenvalue weighted by Crippen LogP contribution is 2.06. The maximum atomic E-state index is 10.6. The van der Waals surface area contributed by atoms with Gasteiger partial charge in [0.2, 0.25) is 5.91 Å². The predicted octanol–water partition coefficient (Wildman–Crippen LogP) is 2.78. The number of rotatable bonds is 7. The third kappa shape index (κ3) is 7.57. The van der Waals surface area contributed by atoms with E-state index in [-0.39, 0.29) is 5.91 Å². The van der Waals surface area contributed by atoms with Crippen LogP contribution in [0.4, 0.5) is 0 Å². The summed E-state index contributed by atoms with van der Waals surface area (Å²) in [4.78, 5) is 10.6. The van der Waals surface area contributed by atoms with Gasteiger partial charge in [0, 0.05) is 5.57 Å². The van der Waals surface area contributed by atoms with E-state index < -0.39 is 0 Å². The SMILES string of the molecule is CCCCCCC/C=C(\C)C(N)=O. The number of allylic oxidation sites excluding steroid dienone is 1. The summed E-state index contributed by atoms with van der Waals surface area (Å²) in [5, 5.41) is 0. The van der Waals surface area contributed by atoms with Crippen molar-refractivity contribution in [3.8, 4) is 0 Å². The first-order chi connectivity index (χ1) is 6.18. The maximum Gasteiger partial charge on any atom is 0.244 e. The molecule has 0 unspecified atom stereocenters. The van der Waals surface area contributed by atoms with Crippen LogP contribution in [-0.2, 0) is 4.79 Å². The van der Waals surface area contributed by atoms with E-state index in [2.05, 4.69) is 6.92 Å². The molecule has 0 saturated carbocycles. The van der Waals surface area contributed by atoms with Gasteiger partial charge in [0.05, 0.1) is 0 Å². The number of hydrogen-bond donors (Lipinski definition) is 1. The Hall–Kier alpha value is -0.790. The zero-order valence-corrected chi connectivity index (χ0v) is 8.81. The van der Waals surface area contributed by atoms with E-state index in [4.69, 9.17) is 5.73 Å². The smallest absolute Gasteiger partial charge is 0.244 e. The molecule has 0 aromatic rings. The Bertz CT molecular complexity index is 173. The fraction of sp³-hybridized carbons (Fsp3) is 0.727. The predicted molar refractivity (Wildman–Crippen MR) is 56.3 cm³/mol. The average molecular weight is 183 g/mol. The molecule has 2 nitrogen and oxygen atoms in total. The molecule has 0 fully saturated rings. The number of nitrogens with two attached hydrogens (primary N) is 1. The van der Waals surface area contributed by atoms with E-state index in [1.807, 2.05) is 6.08 Å². The molecule has 0 heterocycles. The van der Waals surface area contributed by atoms with Crippen LogP contribution in [0, 0.1) is 0 Å². The molecule has 0 aliphatic carbocycles. The van der Waals surface area contributed by atoms with Gasteiger partial charge in [-0.3, -0.25) is 4.79 Å². The Morgan fingerprint density at radius 1 is 1.23 bits per heavy atom. The highest BCUT2D eigenvalue weighted by Gasteiger charge is 1.94.